The molecule has 0 rings (SSSR count). The normalized spacial score (nSPS) is 8.82. The van der Waals surface area contributed by atoms with Gasteiger partial charge in [-0.2, -0.15) is 0 Å². The number of hydrogen-bond donors (Lipinski definition) is 1. The van der Waals surface area contributed by atoms with E-state index in [1.165, 1.54) is 0 Å². The second-order valence-corrected chi connectivity index (χ2v) is 1.45. The Labute approximate surface area is 71.9 Å². The first kappa shape index (κ1) is 22.4. The second kappa shape index (κ2) is 33.4. The summed E-state index contributed by atoms with van der Waals surface area (Å²) in [4.78, 5) is 0. The van der Waals surface area contributed by atoms with Crippen LogP contribution in [0.4, 0.5) is 0 Å². The minimum absolute atomic E-state index is 0. The Morgan fingerprint density at radius 3 is 1.64 bits per heavy atom. The first-order chi connectivity index (χ1) is 4.81. The summed E-state index contributed by atoms with van der Waals surface area (Å²) in [6, 6.07) is 0. The Bertz CT molecular complexity index is 34.5. The lowest BCUT2D eigenvalue weighted by molar-refractivity contribution is 0.115. The van der Waals surface area contributed by atoms with Gasteiger partial charge < -0.3 is 9.84 Å². The van der Waals surface area contributed by atoms with Gasteiger partial charge in [-0.05, 0) is 13.3 Å². The van der Waals surface area contributed by atoms with Crippen molar-refractivity contribution in [3.63, 3.8) is 0 Å². The zero-order chi connectivity index (χ0) is 8.99. The zero-order valence-corrected chi connectivity index (χ0v) is 7.55. The summed E-state index contributed by atoms with van der Waals surface area (Å²) >= 11 is 0. The van der Waals surface area contributed by atoms with Crippen molar-refractivity contribution in [2.24, 2.45) is 0 Å². The van der Waals surface area contributed by atoms with E-state index in [1.54, 1.807) is 7.11 Å². The van der Waals surface area contributed by atoms with Crippen molar-refractivity contribution in [2.75, 3.05) is 14.2 Å². The maximum atomic E-state index is 7.00. The van der Waals surface area contributed by atoms with E-state index in [0.29, 0.717) is 6.10 Å². The van der Waals surface area contributed by atoms with Gasteiger partial charge in [-0.25, -0.2) is 0 Å². The highest BCUT2D eigenvalue weighted by molar-refractivity contribution is 4.38. The largest absolute Gasteiger partial charge is 0.400 e. The molecule has 2 nitrogen and oxygen atoms in total. The summed E-state index contributed by atoms with van der Waals surface area (Å²) in [6.07, 6.45) is 1.54. The van der Waals surface area contributed by atoms with Gasteiger partial charge in [0.05, 0.1) is 6.10 Å². The predicted molar refractivity (Wildman–Crippen MR) is 52.9 cm³/mol. The molecule has 0 bridgehead atoms. The fourth-order valence-electron chi connectivity index (χ4n) is 0.167. The Kier molecular flexibility index (Phi) is 68.0. The van der Waals surface area contributed by atoms with E-state index in [1.807, 2.05) is 0 Å². The molecule has 0 amide bonds. The van der Waals surface area contributed by atoms with Crippen LogP contribution in [0.5, 0.6) is 0 Å². The number of aliphatic hydroxyl groups is 1. The van der Waals surface area contributed by atoms with Crippen LogP contribution in [0.3, 0.4) is 0 Å². The quantitative estimate of drug-likeness (QED) is 0.635. The maximum Gasteiger partial charge on any atom is 0.0540 e. The number of ether oxygens (including phenoxy) is 1. The predicted octanol–water partition coefficient (Wildman–Crippen LogP) is 2.48. The average Bonchev–Trinajstić information content (AvgIpc) is 2.10. The molecule has 0 aromatic carbocycles. The molecule has 1 unspecified atom stereocenters. The minimum atomic E-state index is 0. The fourth-order valence-corrected chi connectivity index (χ4v) is 0.167. The van der Waals surface area contributed by atoms with Gasteiger partial charge >= 0.3 is 0 Å². The molecule has 0 aliphatic rings. The highest BCUT2D eigenvalue weighted by atomic mass is 16.5. The molecule has 0 aliphatic carbocycles. The van der Waals surface area contributed by atoms with Crippen molar-refractivity contribution in [3.05, 3.63) is 13.2 Å². The van der Waals surface area contributed by atoms with Crippen molar-refractivity contribution in [2.45, 2.75) is 33.8 Å². The van der Waals surface area contributed by atoms with E-state index in [9.17, 15) is 0 Å². The van der Waals surface area contributed by atoms with Crippen LogP contribution in [0.2, 0.25) is 0 Å². The molecule has 11 heavy (non-hydrogen) atoms. The van der Waals surface area contributed by atoms with Crippen LogP contribution in [0.15, 0.2) is 13.2 Å². The van der Waals surface area contributed by atoms with Crippen LogP contribution in [0.1, 0.15) is 27.7 Å². The van der Waals surface area contributed by atoms with Crippen molar-refractivity contribution in [1.82, 2.24) is 0 Å². The molecule has 0 spiro atoms. The molecule has 0 saturated heterocycles. The summed E-state index contributed by atoms with van der Waals surface area (Å²) in [5.41, 5.74) is 0. The lowest BCUT2D eigenvalue weighted by Gasteiger charge is -2.01. The van der Waals surface area contributed by atoms with E-state index >= 15 is 0 Å². The van der Waals surface area contributed by atoms with E-state index in [-0.39, 0.29) is 7.43 Å². The molecule has 72 valence electrons. The summed E-state index contributed by atoms with van der Waals surface area (Å²) in [5.74, 6) is 0. The molecule has 0 saturated carbocycles. The number of aliphatic hydroxyl groups excluding tert-OH is 1. The lowest BCUT2D eigenvalue weighted by atomic mass is 10.3. The lowest BCUT2D eigenvalue weighted by Crippen LogP contribution is -2.00. The molecule has 0 aromatic heterocycles. The van der Waals surface area contributed by atoms with E-state index in [4.69, 9.17) is 9.84 Å². The smallest absolute Gasteiger partial charge is 0.0540 e. The van der Waals surface area contributed by atoms with Gasteiger partial charge in [0, 0.05) is 14.2 Å². The topological polar surface area (TPSA) is 29.5 Å². The van der Waals surface area contributed by atoms with Gasteiger partial charge in [0.2, 0.25) is 0 Å². The summed E-state index contributed by atoms with van der Waals surface area (Å²) in [5, 5.41) is 7.00. The zero-order valence-electron chi connectivity index (χ0n) is 7.55. The van der Waals surface area contributed by atoms with Crippen LogP contribution in [-0.2, 0) is 4.74 Å². The number of methoxy groups -OCH3 is 1. The van der Waals surface area contributed by atoms with Crippen LogP contribution in [0, 0.1) is 0 Å². The maximum absolute atomic E-state index is 7.00. The molecular formula is C9H24O2. The molecule has 1 atom stereocenters. The van der Waals surface area contributed by atoms with E-state index < -0.39 is 0 Å². The van der Waals surface area contributed by atoms with Crippen molar-refractivity contribution < 1.29 is 9.84 Å². The standard InChI is InChI=1S/C5H12O.C2H4.CH4O.CH4/c1-4-5(2)6-3;2*1-2;/h5H,4H2,1-3H3;1-2H2;2H,1H3;1H4. The molecular weight excluding hydrogens is 140 g/mol. The molecule has 0 heterocycles. The van der Waals surface area contributed by atoms with Gasteiger partial charge in [0.25, 0.3) is 0 Å². The Morgan fingerprint density at radius 1 is 1.36 bits per heavy atom. The Morgan fingerprint density at radius 2 is 1.64 bits per heavy atom. The number of rotatable bonds is 2. The SMILES string of the molecule is C.C=C.CCC(C)OC.CO. The highest BCUT2D eigenvalue weighted by Gasteiger charge is 1.88. The van der Waals surface area contributed by atoms with Crippen LogP contribution >= 0.6 is 0 Å². The van der Waals surface area contributed by atoms with E-state index in [0.717, 1.165) is 13.5 Å². The summed E-state index contributed by atoms with van der Waals surface area (Å²) in [7, 11) is 2.73. The van der Waals surface area contributed by atoms with Crippen LogP contribution in [-0.4, -0.2) is 25.4 Å². The monoisotopic (exact) mass is 164 g/mol. The Hall–Kier alpha value is -0.340. The molecule has 0 aliphatic heterocycles. The molecule has 0 radical (unpaired) electrons. The molecule has 0 aromatic rings. The fraction of sp³-hybridized carbons (Fsp3) is 0.778. The van der Waals surface area contributed by atoms with Crippen molar-refractivity contribution in [3.8, 4) is 0 Å². The van der Waals surface area contributed by atoms with Crippen LogP contribution in [0.25, 0.3) is 0 Å². The van der Waals surface area contributed by atoms with Gasteiger partial charge in [-0.3, -0.25) is 0 Å². The highest BCUT2D eigenvalue weighted by Crippen LogP contribution is 1.89. The van der Waals surface area contributed by atoms with Gasteiger partial charge in [-0.1, -0.05) is 14.4 Å². The first-order valence-electron chi connectivity index (χ1n) is 3.28. The third-order valence-electron chi connectivity index (χ3n) is 0.977. The van der Waals surface area contributed by atoms with Gasteiger partial charge in [-0.15, -0.1) is 13.2 Å². The minimum Gasteiger partial charge on any atom is -0.400 e. The van der Waals surface area contributed by atoms with Crippen molar-refractivity contribution in [1.29, 1.82) is 0 Å². The number of hydrogen-bond acceptors (Lipinski definition) is 2. The summed E-state index contributed by atoms with van der Waals surface area (Å²) < 4.78 is 4.90. The van der Waals surface area contributed by atoms with Crippen LogP contribution < -0.4 is 0 Å². The summed E-state index contributed by atoms with van der Waals surface area (Å²) in [6.45, 7) is 10.2. The van der Waals surface area contributed by atoms with Gasteiger partial charge in [0.15, 0.2) is 0 Å². The van der Waals surface area contributed by atoms with E-state index in [2.05, 4.69) is 27.0 Å². The van der Waals surface area contributed by atoms with Gasteiger partial charge in [0.1, 0.15) is 0 Å². The third kappa shape index (κ3) is 42.3. The second-order valence-electron chi connectivity index (χ2n) is 1.45. The molecule has 1 N–H and O–H groups in total. The third-order valence-corrected chi connectivity index (χ3v) is 0.977. The average molecular weight is 164 g/mol. The first-order valence-corrected chi connectivity index (χ1v) is 3.28. The Balaban J connectivity index is -0.0000000428. The molecule has 0 fully saturated rings. The molecule has 2 heteroatoms. The van der Waals surface area contributed by atoms with Crippen molar-refractivity contribution >= 4 is 0 Å².